The van der Waals surface area contributed by atoms with Crippen LogP contribution in [0, 0.1) is 0 Å². The molecule has 1 unspecified atom stereocenters. The topological polar surface area (TPSA) is 35.2 Å². The maximum Gasteiger partial charge on any atom is 0.124 e. The van der Waals surface area contributed by atoms with Crippen LogP contribution >= 0.6 is 15.9 Å². The van der Waals surface area contributed by atoms with Crippen molar-refractivity contribution in [2.45, 2.75) is 13.0 Å². The molecule has 0 aliphatic rings. The van der Waals surface area contributed by atoms with E-state index < -0.39 is 0 Å². The van der Waals surface area contributed by atoms with Crippen molar-refractivity contribution in [2.75, 3.05) is 7.11 Å². The molecule has 1 atom stereocenters. The molecule has 0 radical (unpaired) electrons. The monoisotopic (exact) mass is 279 g/mol. The van der Waals surface area contributed by atoms with Crippen LogP contribution in [0.15, 0.2) is 34.8 Å². The van der Waals surface area contributed by atoms with Gasteiger partial charge in [-0.05, 0) is 35.9 Å². The van der Waals surface area contributed by atoms with E-state index in [9.17, 15) is 0 Å². The van der Waals surface area contributed by atoms with E-state index >= 15 is 0 Å². The van der Waals surface area contributed by atoms with Crippen LogP contribution in [0.3, 0.4) is 0 Å². The van der Waals surface area contributed by atoms with Crippen molar-refractivity contribution in [3.8, 4) is 5.75 Å². The van der Waals surface area contributed by atoms with Crippen molar-refractivity contribution >= 4 is 26.7 Å². The Labute approximate surface area is 104 Å². The first-order chi connectivity index (χ1) is 7.63. The first-order valence-electron chi connectivity index (χ1n) is 5.15. The fourth-order valence-corrected chi connectivity index (χ4v) is 2.33. The first-order valence-corrected chi connectivity index (χ1v) is 5.94. The molecule has 2 aromatic carbocycles. The highest BCUT2D eigenvalue weighted by Gasteiger charge is 2.11. The third kappa shape index (κ3) is 1.93. The van der Waals surface area contributed by atoms with Crippen molar-refractivity contribution < 1.29 is 4.74 Å². The summed E-state index contributed by atoms with van der Waals surface area (Å²) in [5.41, 5.74) is 7.07. The second kappa shape index (κ2) is 4.44. The number of methoxy groups -OCH3 is 1. The normalized spacial score (nSPS) is 12.8. The zero-order chi connectivity index (χ0) is 11.7. The number of hydrogen-bond acceptors (Lipinski definition) is 2. The number of benzene rings is 2. The SMILES string of the molecule is COc1ccc2cc(Br)ccc2c1C(C)N. The zero-order valence-electron chi connectivity index (χ0n) is 9.33. The summed E-state index contributed by atoms with van der Waals surface area (Å²) >= 11 is 3.47. The Kier molecular flexibility index (Phi) is 3.17. The average Bonchev–Trinajstić information content (AvgIpc) is 2.26. The van der Waals surface area contributed by atoms with Crippen LogP contribution < -0.4 is 10.5 Å². The number of halogens is 1. The van der Waals surface area contributed by atoms with E-state index in [1.165, 1.54) is 5.39 Å². The number of hydrogen-bond donors (Lipinski definition) is 1. The Bertz CT molecular complexity index is 523. The number of rotatable bonds is 2. The van der Waals surface area contributed by atoms with Gasteiger partial charge in [-0.2, -0.15) is 0 Å². The Hall–Kier alpha value is -1.06. The van der Waals surface area contributed by atoms with Crippen LogP contribution in [0.25, 0.3) is 10.8 Å². The second-order valence-electron chi connectivity index (χ2n) is 3.84. The summed E-state index contributed by atoms with van der Waals surface area (Å²) in [6, 6.07) is 10.1. The van der Waals surface area contributed by atoms with Gasteiger partial charge in [-0.25, -0.2) is 0 Å². The molecule has 0 bridgehead atoms. The van der Waals surface area contributed by atoms with Gasteiger partial charge in [0.25, 0.3) is 0 Å². The molecule has 2 N–H and O–H groups in total. The van der Waals surface area contributed by atoms with Crippen LogP contribution in [0.2, 0.25) is 0 Å². The summed E-state index contributed by atoms with van der Waals surface area (Å²) in [7, 11) is 1.67. The number of ether oxygens (including phenoxy) is 1. The fraction of sp³-hybridized carbons (Fsp3) is 0.231. The quantitative estimate of drug-likeness (QED) is 0.911. The summed E-state index contributed by atoms with van der Waals surface area (Å²) < 4.78 is 6.42. The third-order valence-corrected chi connectivity index (χ3v) is 3.15. The minimum absolute atomic E-state index is 0.0418. The molecule has 2 rings (SSSR count). The molecule has 0 spiro atoms. The van der Waals surface area contributed by atoms with Gasteiger partial charge in [0.15, 0.2) is 0 Å². The molecule has 2 aromatic rings. The number of fused-ring (bicyclic) bond motifs is 1. The molecule has 0 aliphatic heterocycles. The van der Waals surface area contributed by atoms with Crippen molar-refractivity contribution in [3.05, 3.63) is 40.4 Å². The largest absolute Gasteiger partial charge is 0.496 e. The summed E-state index contributed by atoms with van der Waals surface area (Å²) in [5, 5.41) is 2.32. The predicted octanol–water partition coefficient (Wildman–Crippen LogP) is 3.63. The van der Waals surface area contributed by atoms with E-state index in [4.69, 9.17) is 10.5 Å². The van der Waals surface area contributed by atoms with E-state index in [2.05, 4.69) is 28.1 Å². The van der Waals surface area contributed by atoms with Gasteiger partial charge in [-0.15, -0.1) is 0 Å². The van der Waals surface area contributed by atoms with Gasteiger partial charge < -0.3 is 10.5 Å². The molecular formula is C13H14BrNO. The van der Waals surface area contributed by atoms with Gasteiger partial charge in [0.1, 0.15) is 5.75 Å². The van der Waals surface area contributed by atoms with Crippen molar-refractivity contribution in [1.29, 1.82) is 0 Å². The third-order valence-electron chi connectivity index (χ3n) is 2.66. The Morgan fingerprint density at radius 1 is 1.25 bits per heavy atom. The zero-order valence-corrected chi connectivity index (χ0v) is 10.9. The molecule has 2 nitrogen and oxygen atoms in total. The fourth-order valence-electron chi connectivity index (χ4n) is 1.95. The van der Waals surface area contributed by atoms with Crippen LogP contribution in [-0.4, -0.2) is 7.11 Å². The maximum absolute atomic E-state index is 6.00. The average molecular weight is 280 g/mol. The summed E-state index contributed by atoms with van der Waals surface area (Å²) in [5.74, 6) is 0.852. The molecule has 0 aromatic heterocycles. The smallest absolute Gasteiger partial charge is 0.124 e. The molecule has 0 amide bonds. The van der Waals surface area contributed by atoms with Crippen molar-refractivity contribution in [3.63, 3.8) is 0 Å². The Balaban J connectivity index is 2.79. The molecule has 0 heterocycles. The van der Waals surface area contributed by atoms with E-state index in [0.29, 0.717) is 0 Å². The molecule has 0 saturated heterocycles. The lowest BCUT2D eigenvalue weighted by molar-refractivity contribution is 0.408. The van der Waals surface area contributed by atoms with Crippen LogP contribution in [-0.2, 0) is 0 Å². The van der Waals surface area contributed by atoms with E-state index in [1.54, 1.807) is 7.11 Å². The highest BCUT2D eigenvalue weighted by atomic mass is 79.9. The molecule has 16 heavy (non-hydrogen) atoms. The summed E-state index contributed by atoms with van der Waals surface area (Å²) in [4.78, 5) is 0. The summed E-state index contributed by atoms with van der Waals surface area (Å²) in [6.07, 6.45) is 0. The van der Waals surface area contributed by atoms with Gasteiger partial charge in [0.2, 0.25) is 0 Å². The first kappa shape index (κ1) is 11.4. The van der Waals surface area contributed by atoms with Crippen LogP contribution in [0.5, 0.6) is 5.75 Å². The number of nitrogens with two attached hydrogens (primary N) is 1. The molecule has 0 aliphatic carbocycles. The van der Waals surface area contributed by atoms with Gasteiger partial charge in [0.05, 0.1) is 7.11 Å². The van der Waals surface area contributed by atoms with Gasteiger partial charge in [-0.3, -0.25) is 0 Å². The van der Waals surface area contributed by atoms with Gasteiger partial charge >= 0.3 is 0 Å². The van der Waals surface area contributed by atoms with E-state index in [1.807, 2.05) is 25.1 Å². The molecular weight excluding hydrogens is 266 g/mol. The van der Waals surface area contributed by atoms with Crippen molar-refractivity contribution in [1.82, 2.24) is 0 Å². The van der Waals surface area contributed by atoms with E-state index in [0.717, 1.165) is 21.2 Å². The predicted molar refractivity (Wildman–Crippen MR) is 70.8 cm³/mol. The van der Waals surface area contributed by atoms with Gasteiger partial charge in [-0.1, -0.05) is 28.1 Å². The second-order valence-corrected chi connectivity index (χ2v) is 4.75. The van der Waals surface area contributed by atoms with E-state index in [-0.39, 0.29) is 6.04 Å². The maximum atomic E-state index is 6.00. The highest BCUT2D eigenvalue weighted by Crippen LogP contribution is 2.33. The summed E-state index contributed by atoms with van der Waals surface area (Å²) in [6.45, 7) is 1.97. The molecule has 0 fully saturated rings. The van der Waals surface area contributed by atoms with Crippen molar-refractivity contribution in [2.24, 2.45) is 5.73 Å². The minimum atomic E-state index is -0.0418. The Morgan fingerprint density at radius 2 is 2.00 bits per heavy atom. The lowest BCUT2D eigenvalue weighted by atomic mass is 9.99. The minimum Gasteiger partial charge on any atom is -0.496 e. The lowest BCUT2D eigenvalue weighted by Gasteiger charge is -2.15. The Morgan fingerprint density at radius 3 is 2.62 bits per heavy atom. The van der Waals surface area contributed by atoms with Crippen LogP contribution in [0.1, 0.15) is 18.5 Å². The molecule has 84 valence electrons. The lowest BCUT2D eigenvalue weighted by Crippen LogP contribution is -2.07. The highest BCUT2D eigenvalue weighted by molar-refractivity contribution is 9.10. The molecule has 0 saturated carbocycles. The van der Waals surface area contributed by atoms with Crippen LogP contribution in [0.4, 0.5) is 0 Å². The molecule has 3 heteroatoms. The standard InChI is InChI=1S/C13H14BrNO/c1-8(15)13-11-5-4-10(14)7-9(11)3-6-12(13)16-2/h3-8H,15H2,1-2H3. The van der Waals surface area contributed by atoms with Gasteiger partial charge in [0, 0.05) is 16.1 Å².